The Balaban J connectivity index is 2.72. The summed E-state index contributed by atoms with van der Waals surface area (Å²) < 4.78 is 5.16. The molecule has 1 N–H and O–H groups in total. The van der Waals surface area contributed by atoms with E-state index in [0.29, 0.717) is 12.5 Å². The van der Waals surface area contributed by atoms with Gasteiger partial charge in [-0.25, -0.2) is 0 Å². The van der Waals surface area contributed by atoms with Crippen LogP contribution in [0.3, 0.4) is 0 Å². The molecule has 0 radical (unpaired) electrons. The molecule has 1 aromatic rings. The second-order valence-electron chi connectivity index (χ2n) is 4.37. The summed E-state index contributed by atoms with van der Waals surface area (Å²) in [5.74, 6) is 0.873. The van der Waals surface area contributed by atoms with Gasteiger partial charge in [-0.15, -0.1) is 0 Å². The molecule has 98 valence electrons. The molecule has 0 heterocycles. The van der Waals surface area contributed by atoms with Crippen molar-refractivity contribution < 1.29 is 4.74 Å². The van der Waals surface area contributed by atoms with Crippen molar-refractivity contribution in [2.24, 2.45) is 0 Å². The van der Waals surface area contributed by atoms with Crippen molar-refractivity contribution >= 4 is 0 Å². The van der Waals surface area contributed by atoms with Crippen molar-refractivity contribution in [1.29, 1.82) is 5.26 Å². The number of ether oxygens (including phenoxy) is 1. The minimum atomic E-state index is 0.266. The van der Waals surface area contributed by atoms with Crippen molar-refractivity contribution in [3.63, 3.8) is 0 Å². The maximum atomic E-state index is 8.79. The molecule has 0 saturated carbocycles. The zero-order valence-electron chi connectivity index (χ0n) is 11.4. The van der Waals surface area contributed by atoms with Crippen molar-refractivity contribution in [2.75, 3.05) is 7.11 Å². The van der Waals surface area contributed by atoms with Crippen LogP contribution in [0.4, 0.5) is 0 Å². The molecule has 0 amide bonds. The van der Waals surface area contributed by atoms with Crippen LogP contribution < -0.4 is 10.1 Å². The third-order valence-corrected chi connectivity index (χ3v) is 3.19. The molecule has 0 aliphatic carbocycles. The Bertz CT molecular complexity index is 380. The van der Waals surface area contributed by atoms with Crippen LogP contribution in [-0.2, 0) is 0 Å². The maximum Gasteiger partial charge on any atom is 0.118 e. The summed E-state index contributed by atoms with van der Waals surface area (Å²) in [6.07, 6.45) is 2.54. The molecule has 3 nitrogen and oxygen atoms in total. The lowest BCUT2D eigenvalue weighted by Gasteiger charge is -2.23. The highest BCUT2D eigenvalue weighted by Gasteiger charge is 2.14. The summed E-state index contributed by atoms with van der Waals surface area (Å²) in [7, 11) is 1.67. The van der Waals surface area contributed by atoms with Crippen molar-refractivity contribution in [1.82, 2.24) is 5.32 Å². The number of nitrogens with zero attached hydrogens (tertiary/aromatic N) is 1. The quantitative estimate of drug-likeness (QED) is 0.801. The maximum absolute atomic E-state index is 8.79. The van der Waals surface area contributed by atoms with Gasteiger partial charge in [0.2, 0.25) is 0 Å². The van der Waals surface area contributed by atoms with E-state index in [2.05, 4.69) is 37.4 Å². The standard InChI is InChI=1S/C15H22N2O/c1-4-13(10-11-16)17-15(5-2)12-6-8-14(18-3)9-7-12/h6-9,13,15,17H,4-5,10H2,1-3H3. The Kier molecular flexibility index (Phi) is 6.24. The molecule has 0 saturated heterocycles. The van der Waals surface area contributed by atoms with Crippen LogP contribution in [0, 0.1) is 11.3 Å². The molecule has 2 atom stereocenters. The van der Waals surface area contributed by atoms with Crippen molar-refractivity contribution in [3.8, 4) is 11.8 Å². The molecular weight excluding hydrogens is 224 g/mol. The highest BCUT2D eigenvalue weighted by Crippen LogP contribution is 2.21. The van der Waals surface area contributed by atoms with E-state index in [1.807, 2.05) is 12.1 Å². The molecule has 0 fully saturated rings. The summed E-state index contributed by atoms with van der Waals surface area (Å²) in [5, 5.41) is 12.3. The fraction of sp³-hybridized carbons (Fsp3) is 0.533. The first-order valence-electron chi connectivity index (χ1n) is 6.52. The summed E-state index contributed by atoms with van der Waals surface area (Å²) >= 11 is 0. The van der Waals surface area contributed by atoms with Gasteiger partial charge in [-0.2, -0.15) is 5.26 Å². The lowest BCUT2D eigenvalue weighted by atomic mass is 10.0. The third-order valence-electron chi connectivity index (χ3n) is 3.19. The molecule has 0 aliphatic rings. The van der Waals surface area contributed by atoms with Crippen LogP contribution >= 0.6 is 0 Å². The fourth-order valence-corrected chi connectivity index (χ4v) is 2.00. The molecule has 2 unspecified atom stereocenters. The number of methoxy groups -OCH3 is 1. The molecule has 0 bridgehead atoms. The average molecular weight is 246 g/mol. The van der Waals surface area contributed by atoms with Gasteiger partial charge in [0, 0.05) is 12.1 Å². The van der Waals surface area contributed by atoms with Crippen LogP contribution in [0.25, 0.3) is 0 Å². The van der Waals surface area contributed by atoms with Crippen LogP contribution in [0.2, 0.25) is 0 Å². The molecular formula is C15H22N2O. The predicted octanol–water partition coefficient (Wildman–Crippen LogP) is 3.43. The van der Waals surface area contributed by atoms with Gasteiger partial charge in [-0.1, -0.05) is 26.0 Å². The lowest BCUT2D eigenvalue weighted by Crippen LogP contribution is -2.31. The molecule has 0 aromatic heterocycles. The second kappa shape index (κ2) is 7.73. The Hall–Kier alpha value is -1.53. The van der Waals surface area contributed by atoms with Gasteiger partial charge in [-0.3, -0.25) is 0 Å². The van der Waals surface area contributed by atoms with Crippen LogP contribution in [0.15, 0.2) is 24.3 Å². The molecule has 3 heteroatoms. The minimum absolute atomic E-state index is 0.266. The highest BCUT2D eigenvalue weighted by molar-refractivity contribution is 5.29. The number of hydrogen-bond acceptors (Lipinski definition) is 3. The molecule has 0 spiro atoms. The van der Waals surface area contributed by atoms with E-state index in [1.165, 1.54) is 5.56 Å². The number of hydrogen-bond donors (Lipinski definition) is 1. The molecule has 1 rings (SSSR count). The van der Waals surface area contributed by atoms with E-state index >= 15 is 0 Å². The van der Waals surface area contributed by atoms with E-state index in [-0.39, 0.29) is 6.04 Å². The number of rotatable bonds is 7. The Morgan fingerprint density at radius 3 is 2.33 bits per heavy atom. The van der Waals surface area contributed by atoms with E-state index in [0.717, 1.165) is 18.6 Å². The SMILES string of the molecule is CCC(CC#N)NC(CC)c1ccc(OC)cc1. The zero-order chi connectivity index (χ0) is 13.4. The third kappa shape index (κ3) is 4.05. The Labute approximate surface area is 110 Å². The fourth-order valence-electron chi connectivity index (χ4n) is 2.00. The smallest absolute Gasteiger partial charge is 0.118 e. The largest absolute Gasteiger partial charge is 0.497 e. The Morgan fingerprint density at radius 2 is 1.89 bits per heavy atom. The Morgan fingerprint density at radius 1 is 1.22 bits per heavy atom. The van der Waals surface area contributed by atoms with Crippen molar-refractivity contribution in [2.45, 2.75) is 45.2 Å². The van der Waals surface area contributed by atoms with Crippen LogP contribution in [0.5, 0.6) is 5.75 Å². The van der Waals surface area contributed by atoms with Gasteiger partial charge in [-0.05, 0) is 30.5 Å². The minimum Gasteiger partial charge on any atom is -0.497 e. The molecule has 18 heavy (non-hydrogen) atoms. The van der Waals surface area contributed by atoms with Gasteiger partial charge in [0.25, 0.3) is 0 Å². The first-order valence-corrected chi connectivity index (χ1v) is 6.52. The summed E-state index contributed by atoms with van der Waals surface area (Å²) in [5.41, 5.74) is 1.25. The summed E-state index contributed by atoms with van der Waals surface area (Å²) in [6.45, 7) is 4.26. The summed E-state index contributed by atoms with van der Waals surface area (Å²) in [6, 6.07) is 10.9. The molecule has 0 aliphatic heterocycles. The highest BCUT2D eigenvalue weighted by atomic mass is 16.5. The average Bonchev–Trinajstić information content (AvgIpc) is 2.43. The topological polar surface area (TPSA) is 45.0 Å². The lowest BCUT2D eigenvalue weighted by molar-refractivity contribution is 0.410. The number of nitriles is 1. The van der Waals surface area contributed by atoms with E-state index in [4.69, 9.17) is 10.00 Å². The van der Waals surface area contributed by atoms with Gasteiger partial charge in [0.1, 0.15) is 5.75 Å². The predicted molar refractivity (Wildman–Crippen MR) is 73.5 cm³/mol. The normalized spacial score (nSPS) is 13.7. The monoisotopic (exact) mass is 246 g/mol. The van der Waals surface area contributed by atoms with Gasteiger partial charge < -0.3 is 10.1 Å². The van der Waals surface area contributed by atoms with Gasteiger partial charge in [0.15, 0.2) is 0 Å². The summed E-state index contributed by atoms with van der Waals surface area (Å²) in [4.78, 5) is 0. The first-order chi connectivity index (χ1) is 8.74. The number of benzene rings is 1. The van der Waals surface area contributed by atoms with Crippen LogP contribution in [-0.4, -0.2) is 13.2 Å². The first kappa shape index (κ1) is 14.5. The number of nitrogens with one attached hydrogen (secondary N) is 1. The van der Waals surface area contributed by atoms with Crippen molar-refractivity contribution in [3.05, 3.63) is 29.8 Å². The van der Waals surface area contributed by atoms with Gasteiger partial charge in [0.05, 0.1) is 19.6 Å². The zero-order valence-corrected chi connectivity index (χ0v) is 11.4. The van der Waals surface area contributed by atoms with E-state index < -0.39 is 0 Å². The van der Waals surface area contributed by atoms with E-state index in [1.54, 1.807) is 7.11 Å². The van der Waals surface area contributed by atoms with Crippen LogP contribution in [0.1, 0.15) is 44.7 Å². The van der Waals surface area contributed by atoms with E-state index in [9.17, 15) is 0 Å². The molecule has 1 aromatic carbocycles. The van der Waals surface area contributed by atoms with Gasteiger partial charge >= 0.3 is 0 Å². The second-order valence-corrected chi connectivity index (χ2v) is 4.37.